The molecule has 0 amide bonds. The van der Waals surface area contributed by atoms with Crippen LogP contribution in [0.3, 0.4) is 0 Å². The fraction of sp³-hybridized carbons (Fsp3) is 1.00. The lowest BCUT2D eigenvalue weighted by atomic mass is 10.6. The highest BCUT2D eigenvalue weighted by Crippen LogP contribution is 2.46. The van der Waals surface area contributed by atoms with Gasteiger partial charge in [-0.15, -0.1) is 0 Å². The average molecular weight is 136 g/mol. The Morgan fingerprint density at radius 3 is 1.88 bits per heavy atom. The van der Waals surface area contributed by atoms with Crippen molar-refractivity contribution in [2.75, 3.05) is 13.8 Å². The molecule has 0 spiro atoms. The van der Waals surface area contributed by atoms with Crippen molar-refractivity contribution in [2.45, 2.75) is 19.5 Å². The van der Waals surface area contributed by atoms with E-state index in [1.54, 1.807) is 6.66 Å². The van der Waals surface area contributed by atoms with E-state index in [1.165, 1.54) is 7.11 Å². The molecule has 0 aromatic carbocycles. The molecular formula is C5H13O2P. The molecule has 1 atom stereocenters. The maximum Gasteiger partial charge on any atom is 0.202 e. The van der Waals surface area contributed by atoms with Gasteiger partial charge in [0, 0.05) is 19.4 Å². The minimum atomic E-state index is -2.25. The fourth-order valence-corrected chi connectivity index (χ4v) is 0.632. The molecule has 0 aliphatic carbocycles. The molecule has 0 aliphatic rings. The van der Waals surface area contributed by atoms with Crippen molar-refractivity contribution in [1.29, 1.82) is 0 Å². The second-order valence-electron chi connectivity index (χ2n) is 2.19. The summed E-state index contributed by atoms with van der Waals surface area (Å²) in [6.07, 6.45) is 0. The number of rotatable bonds is 2. The van der Waals surface area contributed by atoms with Crippen LogP contribution in [-0.2, 0) is 9.09 Å². The van der Waals surface area contributed by atoms with E-state index in [1.807, 2.05) is 13.8 Å². The first kappa shape index (κ1) is 8.19. The molecule has 0 aliphatic heterocycles. The van der Waals surface area contributed by atoms with Crippen molar-refractivity contribution in [2.24, 2.45) is 0 Å². The van der Waals surface area contributed by atoms with E-state index in [0.717, 1.165) is 0 Å². The van der Waals surface area contributed by atoms with Crippen molar-refractivity contribution < 1.29 is 9.09 Å². The van der Waals surface area contributed by atoms with Gasteiger partial charge in [0.1, 0.15) is 0 Å². The predicted octanol–water partition coefficient (Wildman–Crippen LogP) is 1.95. The van der Waals surface area contributed by atoms with E-state index in [2.05, 4.69) is 0 Å². The zero-order valence-electron chi connectivity index (χ0n) is 5.84. The second kappa shape index (κ2) is 2.65. The van der Waals surface area contributed by atoms with Crippen LogP contribution in [0.25, 0.3) is 0 Å². The van der Waals surface area contributed by atoms with Gasteiger partial charge in [-0.1, -0.05) is 13.8 Å². The molecular weight excluding hydrogens is 123 g/mol. The molecule has 3 heteroatoms. The highest BCUT2D eigenvalue weighted by atomic mass is 31.2. The molecule has 0 radical (unpaired) electrons. The van der Waals surface area contributed by atoms with Crippen LogP contribution in [0.4, 0.5) is 0 Å². The highest BCUT2D eigenvalue weighted by molar-refractivity contribution is 7.58. The largest absolute Gasteiger partial charge is 0.332 e. The topological polar surface area (TPSA) is 26.3 Å². The van der Waals surface area contributed by atoms with Crippen molar-refractivity contribution in [3.63, 3.8) is 0 Å². The summed E-state index contributed by atoms with van der Waals surface area (Å²) >= 11 is 0. The van der Waals surface area contributed by atoms with Crippen molar-refractivity contribution in [3.8, 4) is 0 Å². The van der Waals surface area contributed by atoms with Gasteiger partial charge in [0.25, 0.3) is 0 Å². The predicted molar refractivity (Wildman–Crippen MR) is 35.7 cm³/mol. The van der Waals surface area contributed by atoms with E-state index in [9.17, 15) is 4.57 Å². The van der Waals surface area contributed by atoms with Crippen LogP contribution in [0, 0.1) is 0 Å². The molecule has 0 aromatic heterocycles. The summed E-state index contributed by atoms with van der Waals surface area (Å²) in [6.45, 7) is 5.44. The Morgan fingerprint density at radius 1 is 1.50 bits per heavy atom. The third-order valence-corrected chi connectivity index (χ3v) is 3.90. The summed E-state index contributed by atoms with van der Waals surface area (Å²) in [6, 6.07) is 0. The summed E-state index contributed by atoms with van der Waals surface area (Å²) in [5.74, 6) is 0. The van der Waals surface area contributed by atoms with E-state index in [-0.39, 0.29) is 5.66 Å². The van der Waals surface area contributed by atoms with Crippen LogP contribution in [0.5, 0.6) is 0 Å². The minimum absolute atomic E-state index is 0.146. The van der Waals surface area contributed by atoms with Gasteiger partial charge in [-0.25, -0.2) is 0 Å². The first-order chi connectivity index (χ1) is 3.50. The Balaban J connectivity index is 3.93. The summed E-state index contributed by atoms with van der Waals surface area (Å²) in [5, 5.41) is 0. The molecule has 0 N–H and O–H groups in total. The Morgan fingerprint density at radius 2 is 1.88 bits per heavy atom. The number of hydrogen-bond acceptors (Lipinski definition) is 2. The molecule has 50 valence electrons. The van der Waals surface area contributed by atoms with Gasteiger partial charge in [0.05, 0.1) is 0 Å². The van der Waals surface area contributed by atoms with Gasteiger partial charge >= 0.3 is 0 Å². The van der Waals surface area contributed by atoms with Crippen molar-refractivity contribution >= 4 is 7.37 Å². The molecule has 8 heavy (non-hydrogen) atoms. The molecule has 0 unspecified atom stereocenters. The third kappa shape index (κ3) is 1.97. The molecule has 0 heterocycles. The SMILES string of the molecule is CO[P@@](C)(=O)C(C)C. The summed E-state index contributed by atoms with van der Waals surface area (Å²) < 4.78 is 15.8. The van der Waals surface area contributed by atoms with Crippen LogP contribution < -0.4 is 0 Å². The maximum absolute atomic E-state index is 11.1. The van der Waals surface area contributed by atoms with Gasteiger partial charge in [0.15, 0.2) is 0 Å². The molecule has 0 aromatic rings. The molecule has 0 rings (SSSR count). The van der Waals surface area contributed by atoms with Crippen LogP contribution in [0.15, 0.2) is 0 Å². The van der Waals surface area contributed by atoms with Gasteiger partial charge in [0.2, 0.25) is 7.37 Å². The lowest BCUT2D eigenvalue weighted by molar-refractivity contribution is 0.392. The molecule has 2 nitrogen and oxygen atoms in total. The maximum atomic E-state index is 11.1. The Hall–Kier alpha value is 0.190. The Labute approximate surface area is 50.7 Å². The minimum Gasteiger partial charge on any atom is -0.332 e. The van der Waals surface area contributed by atoms with E-state index in [0.29, 0.717) is 0 Å². The molecule has 0 saturated heterocycles. The smallest absolute Gasteiger partial charge is 0.202 e. The quantitative estimate of drug-likeness (QED) is 0.542. The third-order valence-electron chi connectivity index (χ3n) is 1.30. The number of hydrogen-bond donors (Lipinski definition) is 0. The molecule has 0 bridgehead atoms. The van der Waals surface area contributed by atoms with Gasteiger partial charge in [-0.2, -0.15) is 0 Å². The van der Waals surface area contributed by atoms with Crippen molar-refractivity contribution in [3.05, 3.63) is 0 Å². The summed E-state index contributed by atoms with van der Waals surface area (Å²) in [5.41, 5.74) is 0.146. The van der Waals surface area contributed by atoms with Crippen LogP contribution in [0.1, 0.15) is 13.8 Å². The van der Waals surface area contributed by atoms with Gasteiger partial charge in [-0.05, 0) is 0 Å². The van der Waals surface area contributed by atoms with Crippen LogP contribution in [0.2, 0.25) is 0 Å². The average Bonchev–Trinajstić information content (AvgIpc) is 1.67. The van der Waals surface area contributed by atoms with Gasteiger partial charge in [-0.3, -0.25) is 4.57 Å². The Kier molecular flexibility index (Phi) is 2.72. The Bertz CT molecular complexity index is 109. The fourth-order valence-electron chi connectivity index (χ4n) is 0.211. The first-order valence-electron chi connectivity index (χ1n) is 2.63. The zero-order chi connectivity index (χ0) is 6.78. The normalized spacial score (nSPS) is 18.6. The molecule has 0 saturated carbocycles. The monoisotopic (exact) mass is 136 g/mol. The summed E-state index contributed by atoms with van der Waals surface area (Å²) in [7, 11) is -0.758. The lowest BCUT2D eigenvalue weighted by Gasteiger charge is -2.13. The zero-order valence-corrected chi connectivity index (χ0v) is 6.74. The van der Waals surface area contributed by atoms with Crippen LogP contribution in [-0.4, -0.2) is 19.4 Å². The standard InChI is InChI=1S/C5H13O2P/c1-5(2)8(4,6)7-3/h5H,1-4H3/t8-/m1/s1. The first-order valence-corrected chi connectivity index (χ1v) is 4.77. The van der Waals surface area contributed by atoms with E-state index >= 15 is 0 Å². The van der Waals surface area contributed by atoms with E-state index in [4.69, 9.17) is 4.52 Å². The highest BCUT2D eigenvalue weighted by Gasteiger charge is 2.17. The van der Waals surface area contributed by atoms with Crippen molar-refractivity contribution in [1.82, 2.24) is 0 Å². The van der Waals surface area contributed by atoms with Gasteiger partial charge < -0.3 is 4.52 Å². The van der Waals surface area contributed by atoms with Crippen LogP contribution >= 0.6 is 7.37 Å². The second-order valence-corrected chi connectivity index (χ2v) is 5.40. The molecule has 0 fully saturated rings. The van der Waals surface area contributed by atoms with E-state index < -0.39 is 7.37 Å². The lowest BCUT2D eigenvalue weighted by Crippen LogP contribution is -1.96. The summed E-state index contributed by atoms with van der Waals surface area (Å²) in [4.78, 5) is 0.